The average molecular weight is 493 g/mol. The number of aromatic hydroxyl groups is 1. The summed E-state index contributed by atoms with van der Waals surface area (Å²) in [5.41, 5.74) is 5.83. The number of benzene rings is 3. The predicted molar refractivity (Wildman–Crippen MR) is 142 cm³/mol. The zero-order valence-electron chi connectivity index (χ0n) is 20.4. The minimum atomic E-state index is -0.748. The van der Waals surface area contributed by atoms with Gasteiger partial charge in [-0.3, -0.25) is 9.59 Å². The van der Waals surface area contributed by atoms with E-state index in [4.69, 9.17) is 0 Å². The fourth-order valence-corrected chi connectivity index (χ4v) is 5.73. The van der Waals surface area contributed by atoms with Crippen molar-refractivity contribution in [3.8, 4) is 5.75 Å². The number of Topliss-reactive ketones (excluding diaryl/α,β-unsaturated/α-hetero) is 1. The quantitative estimate of drug-likeness (QED) is 0.197. The largest absolute Gasteiger partial charge is 0.508 e. The number of H-pyrrole nitrogens is 1. The lowest BCUT2D eigenvalue weighted by Gasteiger charge is -2.25. The number of aromatic amines is 1. The summed E-state index contributed by atoms with van der Waals surface area (Å²) in [6, 6.07) is 19.5. The Morgan fingerprint density at radius 1 is 0.946 bits per heavy atom. The van der Waals surface area contributed by atoms with E-state index < -0.39 is 17.7 Å². The van der Waals surface area contributed by atoms with Gasteiger partial charge >= 0.3 is 0 Å². The molecule has 37 heavy (non-hydrogen) atoms. The highest BCUT2D eigenvalue weighted by molar-refractivity contribution is 6.46. The van der Waals surface area contributed by atoms with Crippen LogP contribution in [0.25, 0.3) is 16.7 Å². The van der Waals surface area contributed by atoms with Crippen molar-refractivity contribution in [3.63, 3.8) is 0 Å². The topological polar surface area (TPSA) is 93.6 Å². The number of amides is 1. The van der Waals surface area contributed by atoms with Gasteiger partial charge in [-0.05, 0) is 78.6 Å². The summed E-state index contributed by atoms with van der Waals surface area (Å²) in [6.45, 7) is 0.304. The molecule has 6 nitrogen and oxygen atoms in total. The molecule has 1 amide bonds. The summed E-state index contributed by atoms with van der Waals surface area (Å²) in [5, 5.41) is 22.4. The number of carbonyl (C=O) groups excluding carboxylic acids is 2. The van der Waals surface area contributed by atoms with Crippen LogP contribution in [0.5, 0.6) is 5.75 Å². The molecule has 0 spiro atoms. The first kappa shape index (κ1) is 23.1. The van der Waals surface area contributed by atoms with Gasteiger partial charge in [-0.2, -0.15) is 0 Å². The molecule has 186 valence electrons. The number of rotatable bonds is 5. The number of nitrogens with one attached hydrogen (secondary N) is 1. The first-order valence-electron chi connectivity index (χ1n) is 12.8. The number of carbonyl (C=O) groups is 2. The van der Waals surface area contributed by atoms with E-state index in [1.807, 2.05) is 48.7 Å². The third-order valence-corrected chi connectivity index (χ3v) is 7.67. The zero-order valence-corrected chi connectivity index (χ0v) is 20.4. The number of likely N-dealkylation sites (tertiary alicyclic amines) is 1. The van der Waals surface area contributed by atoms with Gasteiger partial charge in [0.2, 0.25) is 0 Å². The first-order chi connectivity index (χ1) is 18.0. The number of aliphatic hydroxyl groups excluding tert-OH is 1. The molecule has 1 saturated heterocycles. The third kappa shape index (κ3) is 4.08. The van der Waals surface area contributed by atoms with E-state index in [1.165, 1.54) is 23.3 Å². The van der Waals surface area contributed by atoms with Crippen LogP contribution in [0.1, 0.15) is 46.7 Å². The standard InChI is InChI=1S/C31H28N2O4/c34-24-13-11-20(12-14-24)28-27(29(35)22-10-9-19-5-1-2-6-21(19)17-22)30(36)31(37)33(28)16-15-23-18-32-26-8-4-3-7-25(23)26/h3-4,7-14,17-18,28,32,34-35H,1-2,5-6,15-16H2/b29-27-. The van der Waals surface area contributed by atoms with Crippen molar-refractivity contribution in [1.82, 2.24) is 9.88 Å². The Balaban J connectivity index is 1.41. The van der Waals surface area contributed by atoms with Gasteiger partial charge in [-0.25, -0.2) is 0 Å². The molecule has 1 aliphatic heterocycles. The molecule has 0 radical (unpaired) electrons. The van der Waals surface area contributed by atoms with E-state index >= 15 is 0 Å². The molecule has 1 aliphatic carbocycles. The van der Waals surface area contributed by atoms with Crippen molar-refractivity contribution in [1.29, 1.82) is 0 Å². The van der Waals surface area contributed by atoms with E-state index in [9.17, 15) is 19.8 Å². The second kappa shape index (κ2) is 9.28. The number of aliphatic hydroxyl groups is 1. The number of phenolic OH excluding ortho intramolecular Hbond substituents is 1. The van der Waals surface area contributed by atoms with Crippen molar-refractivity contribution >= 4 is 28.4 Å². The number of fused-ring (bicyclic) bond motifs is 2. The second-order valence-corrected chi connectivity index (χ2v) is 9.88. The fraction of sp³-hybridized carbons (Fsp3) is 0.226. The molecular formula is C31H28N2O4. The molecule has 6 rings (SSSR count). The van der Waals surface area contributed by atoms with E-state index in [2.05, 4.69) is 4.98 Å². The maximum absolute atomic E-state index is 13.4. The molecule has 1 fully saturated rings. The molecule has 4 aromatic rings. The second-order valence-electron chi connectivity index (χ2n) is 9.88. The van der Waals surface area contributed by atoms with E-state index in [0.717, 1.165) is 42.1 Å². The molecular weight excluding hydrogens is 464 g/mol. The third-order valence-electron chi connectivity index (χ3n) is 7.67. The van der Waals surface area contributed by atoms with Crippen molar-refractivity contribution in [2.24, 2.45) is 0 Å². The number of nitrogens with zero attached hydrogens (tertiary/aromatic N) is 1. The smallest absolute Gasteiger partial charge is 0.295 e. The van der Waals surface area contributed by atoms with Gasteiger partial charge < -0.3 is 20.1 Å². The average Bonchev–Trinajstić information content (AvgIpc) is 3.45. The Kier molecular flexibility index (Phi) is 5.80. The number of aryl methyl sites for hydroxylation is 2. The van der Waals surface area contributed by atoms with Crippen LogP contribution in [0.3, 0.4) is 0 Å². The Bertz CT molecular complexity index is 1550. The summed E-state index contributed by atoms with van der Waals surface area (Å²) < 4.78 is 0. The highest BCUT2D eigenvalue weighted by atomic mass is 16.3. The highest BCUT2D eigenvalue weighted by Gasteiger charge is 2.46. The molecule has 2 heterocycles. The maximum atomic E-state index is 13.4. The van der Waals surface area contributed by atoms with Gasteiger partial charge in [-0.1, -0.05) is 42.5 Å². The molecule has 1 unspecified atom stereocenters. The Morgan fingerprint density at radius 2 is 1.70 bits per heavy atom. The molecule has 6 heteroatoms. The minimum absolute atomic E-state index is 0.0883. The monoisotopic (exact) mass is 492 g/mol. The Hall–Kier alpha value is -4.32. The van der Waals surface area contributed by atoms with Gasteiger partial charge in [0.15, 0.2) is 0 Å². The lowest BCUT2D eigenvalue weighted by molar-refractivity contribution is -0.139. The van der Waals surface area contributed by atoms with Crippen molar-refractivity contribution in [3.05, 3.63) is 106 Å². The molecule has 3 N–H and O–H groups in total. The minimum Gasteiger partial charge on any atom is -0.508 e. The summed E-state index contributed by atoms with van der Waals surface area (Å²) in [5.74, 6) is -1.38. The summed E-state index contributed by atoms with van der Waals surface area (Å²) >= 11 is 0. The van der Waals surface area contributed by atoms with Gasteiger partial charge in [0.25, 0.3) is 11.7 Å². The van der Waals surface area contributed by atoms with Gasteiger partial charge in [-0.15, -0.1) is 0 Å². The number of phenols is 1. The van der Waals surface area contributed by atoms with E-state index in [0.29, 0.717) is 24.1 Å². The normalized spacial score (nSPS) is 18.9. The summed E-state index contributed by atoms with van der Waals surface area (Å²) in [6.07, 6.45) is 6.69. The van der Waals surface area contributed by atoms with E-state index in [1.54, 1.807) is 17.0 Å². The number of aromatic nitrogens is 1. The summed E-state index contributed by atoms with van der Waals surface area (Å²) in [4.78, 5) is 31.5. The first-order valence-corrected chi connectivity index (χ1v) is 12.8. The maximum Gasteiger partial charge on any atom is 0.295 e. The molecule has 0 saturated carbocycles. The molecule has 0 bridgehead atoms. The molecule has 1 atom stereocenters. The van der Waals surface area contributed by atoms with E-state index in [-0.39, 0.29) is 17.1 Å². The number of ketones is 1. The summed E-state index contributed by atoms with van der Waals surface area (Å²) in [7, 11) is 0. The molecule has 2 aliphatic rings. The predicted octanol–water partition coefficient (Wildman–Crippen LogP) is 5.42. The van der Waals surface area contributed by atoms with Crippen molar-refractivity contribution in [2.45, 2.75) is 38.1 Å². The SMILES string of the molecule is O=C1C(=O)N(CCc2c[nH]c3ccccc23)C(c2ccc(O)cc2)/C1=C(/O)c1ccc2c(c1)CCCC2. The lowest BCUT2D eigenvalue weighted by Crippen LogP contribution is -2.31. The zero-order chi connectivity index (χ0) is 25.5. The van der Waals surface area contributed by atoms with Gasteiger partial charge in [0, 0.05) is 29.2 Å². The lowest BCUT2D eigenvalue weighted by atomic mass is 9.88. The van der Waals surface area contributed by atoms with Crippen LogP contribution in [-0.4, -0.2) is 38.3 Å². The number of para-hydroxylation sites is 1. The Labute approximate surface area is 214 Å². The Morgan fingerprint density at radius 3 is 2.51 bits per heavy atom. The van der Waals surface area contributed by atoms with Crippen molar-refractivity contribution < 1.29 is 19.8 Å². The van der Waals surface area contributed by atoms with Crippen LogP contribution in [0.15, 0.2) is 78.5 Å². The molecule has 1 aromatic heterocycles. The van der Waals surface area contributed by atoms with Crippen LogP contribution < -0.4 is 0 Å². The highest BCUT2D eigenvalue weighted by Crippen LogP contribution is 2.40. The number of hydrogen-bond donors (Lipinski definition) is 3. The van der Waals surface area contributed by atoms with Gasteiger partial charge in [0.1, 0.15) is 11.5 Å². The fourth-order valence-electron chi connectivity index (χ4n) is 5.73. The van der Waals surface area contributed by atoms with Crippen LogP contribution in [0, 0.1) is 0 Å². The van der Waals surface area contributed by atoms with Crippen LogP contribution in [-0.2, 0) is 28.9 Å². The number of hydrogen-bond acceptors (Lipinski definition) is 4. The van der Waals surface area contributed by atoms with Crippen LogP contribution in [0.4, 0.5) is 0 Å². The van der Waals surface area contributed by atoms with Gasteiger partial charge in [0.05, 0.1) is 11.6 Å². The van der Waals surface area contributed by atoms with Crippen molar-refractivity contribution in [2.75, 3.05) is 6.54 Å². The van der Waals surface area contributed by atoms with Crippen LogP contribution in [0.2, 0.25) is 0 Å². The molecule has 3 aromatic carbocycles. The van der Waals surface area contributed by atoms with Crippen LogP contribution >= 0.6 is 0 Å².